The highest BCUT2D eigenvalue weighted by Crippen LogP contribution is 2.42. The molecule has 0 aliphatic heterocycles. The molecule has 0 spiro atoms. The number of thiophene rings is 1. The summed E-state index contributed by atoms with van der Waals surface area (Å²) in [6.45, 7) is 3.59. The molecular formula is C22H26F3N3O3S. The van der Waals surface area contributed by atoms with Crippen LogP contribution in [0.3, 0.4) is 0 Å². The van der Waals surface area contributed by atoms with E-state index >= 15 is 0 Å². The van der Waals surface area contributed by atoms with Crippen molar-refractivity contribution in [2.24, 2.45) is 0 Å². The fraction of sp³-hybridized carbons (Fsp3) is 0.591. The van der Waals surface area contributed by atoms with E-state index in [-0.39, 0.29) is 30.9 Å². The van der Waals surface area contributed by atoms with Gasteiger partial charge in [0.05, 0.1) is 11.7 Å². The minimum absolute atomic E-state index is 0.0417. The molecule has 1 fully saturated rings. The maximum atomic E-state index is 13.1. The molecule has 2 aliphatic rings. The number of carbonyl (C=O) groups excluding carboxylic acids is 2. The normalized spacial score (nSPS) is 16.2. The molecule has 32 heavy (non-hydrogen) atoms. The lowest BCUT2D eigenvalue weighted by Crippen LogP contribution is -2.19. The van der Waals surface area contributed by atoms with Crippen LogP contribution in [0.5, 0.6) is 0 Å². The van der Waals surface area contributed by atoms with Crippen molar-refractivity contribution in [3.8, 4) is 0 Å². The molecule has 4 rings (SSSR count). The van der Waals surface area contributed by atoms with Gasteiger partial charge in [-0.1, -0.05) is 0 Å². The summed E-state index contributed by atoms with van der Waals surface area (Å²) in [5.74, 6) is -0.747. The van der Waals surface area contributed by atoms with Crippen LogP contribution in [0.1, 0.15) is 84.1 Å². The number of ether oxygens (including phenoxy) is 1. The van der Waals surface area contributed by atoms with Gasteiger partial charge in [-0.25, -0.2) is 4.79 Å². The highest BCUT2D eigenvalue weighted by molar-refractivity contribution is 7.17. The molecule has 1 saturated carbocycles. The van der Waals surface area contributed by atoms with E-state index < -0.39 is 17.8 Å². The third-order valence-corrected chi connectivity index (χ3v) is 6.83. The number of rotatable bonds is 7. The van der Waals surface area contributed by atoms with Crippen molar-refractivity contribution >= 4 is 28.2 Å². The maximum absolute atomic E-state index is 13.1. The Bertz CT molecular complexity index is 1020. The van der Waals surface area contributed by atoms with Crippen LogP contribution in [-0.4, -0.2) is 27.8 Å². The van der Waals surface area contributed by atoms with Gasteiger partial charge in [0, 0.05) is 29.5 Å². The average Bonchev–Trinajstić information content (AvgIpc) is 3.33. The molecule has 10 heteroatoms. The lowest BCUT2D eigenvalue weighted by Gasteiger charge is -2.14. The number of carbonyl (C=O) groups is 2. The first-order valence-electron chi connectivity index (χ1n) is 10.9. The van der Waals surface area contributed by atoms with Crippen molar-refractivity contribution in [1.82, 2.24) is 9.78 Å². The van der Waals surface area contributed by atoms with Crippen LogP contribution in [0.2, 0.25) is 0 Å². The number of aryl methyl sites for hydroxylation is 2. The number of anilines is 1. The Balaban J connectivity index is 1.49. The molecule has 174 valence electrons. The van der Waals surface area contributed by atoms with E-state index in [2.05, 4.69) is 10.4 Å². The standard InChI is InChI=1S/C22H26F3N3O3S/c1-12(2)31-21(30)19-14-5-3-4-6-16(14)32-20(19)26-18(29)9-10-28-15(13-7-8-13)11-17(27-28)22(23,24)25/h11-13H,3-10H2,1-2H3,(H,26,29). The SMILES string of the molecule is CC(C)OC(=O)c1c(NC(=O)CCn2nc(C(F)(F)F)cc2C2CC2)sc2c1CCCC2. The molecule has 6 nitrogen and oxygen atoms in total. The lowest BCUT2D eigenvalue weighted by atomic mass is 9.95. The Hall–Kier alpha value is -2.36. The molecule has 1 N–H and O–H groups in total. The number of fused-ring (bicyclic) bond motifs is 1. The third kappa shape index (κ3) is 5.00. The van der Waals surface area contributed by atoms with Crippen molar-refractivity contribution in [3.05, 3.63) is 33.5 Å². The molecule has 0 radical (unpaired) electrons. The Morgan fingerprint density at radius 1 is 1.28 bits per heavy atom. The molecule has 0 aromatic carbocycles. The number of esters is 1. The lowest BCUT2D eigenvalue weighted by molar-refractivity contribution is -0.141. The molecule has 2 aliphatic carbocycles. The van der Waals surface area contributed by atoms with Gasteiger partial charge in [-0.05, 0) is 64.0 Å². The Kier molecular flexibility index (Phi) is 6.33. The number of aromatic nitrogens is 2. The number of amides is 1. The molecule has 2 aromatic heterocycles. The van der Waals surface area contributed by atoms with Crippen molar-refractivity contribution < 1.29 is 27.5 Å². The van der Waals surface area contributed by atoms with Crippen molar-refractivity contribution in [1.29, 1.82) is 0 Å². The van der Waals surface area contributed by atoms with Gasteiger partial charge < -0.3 is 10.1 Å². The average molecular weight is 470 g/mol. The Morgan fingerprint density at radius 3 is 2.66 bits per heavy atom. The molecule has 0 atom stereocenters. The fourth-order valence-corrected chi connectivity index (χ4v) is 5.29. The first-order chi connectivity index (χ1) is 15.1. The number of hydrogen-bond acceptors (Lipinski definition) is 5. The third-order valence-electron chi connectivity index (χ3n) is 5.62. The smallest absolute Gasteiger partial charge is 0.435 e. The predicted molar refractivity (Wildman–Crippen MR) is 114 cm³/mol. The first-order valence-corrected chi connectivity index (χ1v) is 11.8. The molecule has 2 aromatic rings. The molecule has 2 heterocycles. The quantitative estimate of drug-likeness (QED) is 0.558. The van der Waals surface area contributed by atoms with Gasteiger partial charge in [0.2, 0.25) is 5.91 Å². The van der Waals surface area contributed by atoms with Gasteiger partial charge in [0.25, 0.3) is 0 Å². The number of halogens is 3. The Morgan fingerprint density at radius 2 is 2.00 bits per heavy atom. The van der Waals surface area contributed by atoms with Crippen LogP contribution in [0.15, 0.2) is 6.07 Å². The zero-order chi connectivity index (χ0) is 23.0. The number of alkyl halides is 3. The van der Waals surface area contributed by atoms with E-state index in [0.717, 1.165) is 55.0 Å². The summed E-state index contributed by atoms with van der Waals surface area (Å²) in [6, 6.07) is 1.09. The number of nitrogens with zero attached hydrogens (tertiary/aromatic N) is 2. The Labute approximate surface area is 188 Å². The fourth-order valence-electron chi connectivity index (χ4n) is 4.00. The van der Waals surface area contributed by atoms with Crippen molar-refractivity contribution in [2.75, 3.05) is 5.32 Å². The summed E-state index contributed by atoms with van der Waals surface area (Å²) in [6.07, 6.45) is 0.453. The topological polar surface area (TPSA) is 73.2 Å². The van der Waals surface area contributed by atoms with Crippen molar-refractivity contribution in [3.63, 3.8) is 0 Å². The summed E-state index contributed by atoms with van der Waals surface area (Å²) in [5, 5.41) is 6.97. The molecule has 0 bridgehead atoms. The summed E-state index contributed by atoms with van der Waals surface area (Å²) >= 11 is 1.39. The minimum Gasteiger partial charge on any atom is -0.459 e. The second-order valence-electron chi connectivity index (χ2n) is 8.62. The zero-order valence-corrected chi connectivity index (χ0v) is 18.9. The first kappa shape index (κ1) is 22.8. The van der Waals surface area contributed by atoms with Gasteiger partial charge in [-0.3, -0.25) is 9.48 Å². The maximum Gasteiger partial charge on any atom is 0.435 e. The highest BCUT2D eigenvalue weighted by atomic mass is 32.1. The van der Waals surface area contributed by atoms with Crippen LogP contribution < -0.4 is 5.32 Å². The van der Waals surface area contributed by atoms with E-state index in [4.69, 9.17) is 4.74 Å². The second-order valence-corrected chi connectivity index (χ2v) is 9.72. The predicted octanol–water partition coefficient (Wildman–Crippen LogP) is 5.31. The summed E-state index contributed by atoms with van der Waals surface area (Å²) < 4.78 is 45.9. The molecular weight excluding hydrogens is 443 g/mol. The largest absolute Gasteiger partial charge is 0.459 e. The van der Waals surface area contributed by atoms with E-state index in [0.29, 0.717) is 16.3 Å². The van der Waals surface area contributed by atoms with Crippen LogP contribution >= 0.6 is 11.3 Å². The van der Waals surface area contributed by atoms with Gasteiger partial charge >= 0.3 is 12.1 Å². The van der Waals surface area contributed by atoms with Crippen molar-refractivity contribution in [2.45, 2.75) is 83.5 Å². The van der Waals surface area contributed by atoms with Crippen LogP contribution in [0.25, 0.3) is 0 Å². The zero-order valence-electron chi connectivity index (χ0n) is 18.1. The van der Waals surface area contributed by atoms with E-state index in [1.165, 1.54) is 16.0 Å². The number of hydrogen-bond donors (Lipinski definition) is 1. The van der Waals surface area contributed by atoms with Crippen LogP contribution in [0.4, 0.5) is 18.2 Å². The van der Waals surface area contributed by atoms with Gasteiger partial charge in [0.15, 0.2) is 5.69 Å². The van der Waals surface area contributed by atoms with Gasteiger partial charge in [0.1, 0.15) is 5.00 Å². The molecule has 1 amide bonds. The van der Waals surface area contributed by atoms with E-state index in [9.17, 15) is 22.8 Å². The van der Waals surface area contributed by atoms with E-state index in [1.54, 1.807) is 13.8 Å². The summed E-state index contributed by atoms with van der Waals surface area (Å²) in [7, 11) is 0. The van der Waals surface area contributed by atoms with Crippen LogP contribution in [-0.2, 0) is 35.1 Å². The van der Waals surface area contributed by atoms with Gasteiger partial charge in [-0.2, -0.15) is 18.3 Å². The van der Waals surface area contributed by atoms with E-state index in [1.807, 2.05) is 0 Å². The van der Waals surface area contributed by atoms with Crippen LogP contribution in [0, 0.1) is 0 Å². The highest BCUT2D eigenvalue weighted by Gasteiger charge is 2.38. The second kappa shape index (κ2) is 8.88. The summed E-state index contributed by atoms with van der Waals surface area (Å²) in [4.78, 5) is 26.5. The molecule has 0 saturated heterocycles. The number of nitrogens with one attached hydrogen (secondary N) is 1. The molecule has 0 unspecified atom stereocenters. The monoisotopic (exact) mass is 469 g/mol. The van der Waals surface area contributed by atoms with Gasteiger partial charge in [-0.15, -0.1) is 11.3 Å². The summed E-state index contributed by atoms with van der Waals surface area (Å²) in [5.41, 5.74) is 0.964. The minimum atomic E-state index is -4.52.